The van der Waals surface area contributed by atoms with Crippen LogP contribution in [-0.2, 0) is 0 Å². The van der Waals surface area contributed by atoms with Crippen LogP contribution < -0.4 is 5.19 Å². The van der Waals surface area contributed by atoms with E-state index in [-0.39, 0.29) is 5.82 Å². The van der Waals surface area contributed by atoms with Crippen molar-refractivity contribution in [1.29, 1.82) is 0 Å². The molecule has 106 valence electrons. The van der Waals surface area contributed by atoms with Crippen molar-refractivity contribution >= 4 is 13.3 Å². The number of hydrogen-bond acceptors (Lipinski definition) is 1. The standard InChI is InChI=1S/C17H22FNSi/c1-12(2)15-10-16(13-7-6-8-14(18)9-13)19-11-17(15)20(3,4)5/h6-12H,1-5H3. The lowest BCUT2D eigenvalue weighted by Crippen LogP contribution is -2.40. The third-order valence-corrected chi connectivity index (χ3v) is 5.52. The Morgan fingerprint density at radius 1 is 1.10 bits per heavy atom. The van der Waals surface area contributed by atoms with Crippen molar-refractivity contribution in [3.05, 3.63) is 47.9 Å². The fourth-order valence-electron chi connectivity index (χ4n) is 2.38. The van der Waals surface area contributed by atoms with Gasteiger partial charge >= 0.3 is 0 Å². The molecule has 20 heavy (non-hydrogen) atoms. The van der Waals surface area contributed by atoms with E-state index in [0.717, 1.165) is 11.3 Å². The SMILES string of the molecule is CC(C)c1cc(-c2cccc(F)c2)ncc1[Si](C)(C)C. The second kappa shape index (κ2) is 5.48. The van der Waals surface area contributed by atoms with Crippen LogP contribution in [0.2, 0.25) is 19.6 Å². The summed E-state index contributed by atoms with van der Waals surface area (Å²) in [6.07, 6.45) is 2.00. The highest BCUT2D eigenvalue weighted by molar-refractivity contribution is 6.89. The third-order valence-electron chi connectivity index (χ3n) is 3.49. The molecule has 0 aliphatic heterocycles. The molecule has 0 fully saturated rings. The normalized spacial score (nSPS) is 11.9. The van der Waals surface area contributed by atoms with Crippen LogP contribution >= 0.6 is 0 Å². The Bertz CT molecular complexity index is 615. The smallest absolute Gasteiger partial charge is 0.123 e. The molecule has 0 unspecified atom stereocenters. The van der Waals surface area contributed by atoms with Crippen molar-refractivity contribution in [1.82, 2.24) is 4.98 Å². The monoisotopic (exact) mass is 287 g/mol. The van der Waals surface area contributed by atoms with Gasteiger partial charge in [-0.05, 0) is 34.9 Å². The molecule has 1 nitrogen and oxygen atoms in total. The lowest BCUT2D eigenvalue weighted by atomic mass is 10.0. The summed E-state index contributed by atoms with van der Waals surface area (Å²) in [5.41, 5.74) is 3.04. The van der Waals surface area contributed by atoms with Gasteiger partial charge in [0.1, 0.15) is 5.82 Å². The molecular formula is C17H22FNSi. The maximum Gasteiger partial charge on any atom is 0.123 e. The first-order chi connectivity index (χ1) is 9.29. The number of hydrogen-bond donors (Lipinski definition) is 0. The van der Waals surface area contributed by atoms with Gasteiger partial charge in [0.2, 0.25) is 0 Å². The van der Waals surface area contributed by atoms with E-state index in [1.54, 1.807) is 12.1 Å². The highest BCUT2D eigenvalue weighted by Gasteiger charge is 2.22. The van der Waals surface area contributed by atoms with E-state index >= 15 is 0 Å². The fraction of sp³-hybridized carbons (Fsp3) is 0.353. The molecule has 0 saturated heterocycles. The third kappa shape index (κ3) is 3.15. The Labute approximate surface area is 121 Å². The van der Waals surface area contributed by atoms with E-state index in [0.29, 0.717) is 5.92 Å². The van der Waals surface area contributed by atoms with Crippen molar-refractivity contribution < 1.29 is 4.39 Å². The second-order valence-electron chi connectivity index (χ2n) is 6.57. The largest absolute Gasteiger partial charge is 0.256 e. The molecule has 1 aromatic carbocycles. The second-order valence-corrected chi connectivity index (χ2v) is 11.6. The van der Waals surface area contributed by atoms with Crippen molar-refractivity contribution in [2.45, 2.75) is 39.4 Å². The van der Waals surface area contributed by atoms with Crippen molar-refractivity contribution in [2.75, 3.05) is 0 Å². The predicted octanol–water partition coefficient (Wildman–Crippen LogP) is 4.56. The van der Waals surface area contributed by atoms with Gasteiger partial charge in [0.25, 0.3) is 0 Å². The van der Waals surface area contributed by atoms with Gasteiger partial charge in [-0.25, -0.2) is 4.39 Å². The van der Waals surface area contributed by atoms with Gasteiger partial charge in [-0.1, -0.05) is 45.6 Å². The van der Waals surface area contributed by atoms with Gasteiger partial charge in [0.05, 0.1) is 13.8 Å². The van der Waals surface area contributed by atoms with Crippen LogP contribution in [0.1, 0.15) is 25.3 Å². The maximum atomic E-state index is 13.4. The first kappa shape index (κ1) is 14.9. The highest BCUT2D eigenvalue weighted by atomic mass is 28.3. The summed E-state index contributed by atoms with van der Waals surface area (Å²) in [5, 5.41) is 1.40. The van der Waals surface area contributed by atoms with E-state index < -0.39 is 8.07 Å². The summed E-state index contributed by atoms with van der Waals surface area (Å²) in [6.45, 7) is 11.4. The van der Waals surface area contributed by atoms with E-state index in [4.69, 9.17) is 0 Å². The first-order valence-corrected chi connectivity index (χ1v) is 10.6. The molecular weight excluding hydrogens is 265 g/mol. The Kier molecular flexibility index (Phi) is 4.09. The summed E-state index contributed by atoms with van der Waals surface area (Å²) in [7, 11) is -1.41. The van der Waals surface area contributed by atoms with Crippen molar-refractivity contribution in [2.24, 2.45) is 0 Å². The van der Waals surface area contributed by atoms with Gasteiger partial charge in [-0.15, -0.1) is 0 Å². The molecule has 3 heteroatoms. The maximum absolute atomic E-state index is 13.4. The molecule has 2 rings (SSSR count). The van der Waals surface area contributed by atoms with Crippen molar-refractivity contribution in [3.63, 3.8) is 0 Å². The van der Waals surface area contributed by atoms with Crippen LogP contribution in [0.25, 0.3) is 11.3 Å². The minimum Gasteiger partial charge on any atom is -0.256 e. The minimum atomic E-state index is -1.41. The van der Waals surface area contributed by atoms with Gasteiger partial charge in [-0.3, -0.25) is 4.98 Å². The lowest BCUT2D eigenvalue weighted by Gasteiger charge is -2.23. The summed E-state index contributed by atoms with van der Waals surface area (Å²) >= 11 is 0. The molecule has 0 radical (unpaired) electrons. The van der Waals surface area contributed by atoms with Crippen molar-refractivity contribution in [3.8, 4) is 11.3 Å². The minimum absolute atomic E-state index is 0.218. The number of pyridine rings is 1. The average Bonchev–Trinajstić information content (AvgIpc) is 2.37. The Morgan fingerprint density at radius 2 is 1.80 bits per heavy atom. The molecule has 0 aliphatic carbocycles. The van der Waals surface area contributed by atoms with E-state index in [1.807, 2.05) is 12.3 Å². The summed E-state index contributed by atoms with van der Waals surface area (Å²) in [6, 6.07) is 8.77. The van der Waals surface area contributed by atoms with Gasteiger partial charge in [-0.2, -0.15) is 0 Å². The fourth-order valence-corrected chi connectivity index (χ4v) is 4.06. The molecule has 0 atom stereocenters. The number of benzene rings is 1. The zero-order valence-corrected chi connectivity index (χ0v) is 13.9. The van der Waals surface area contributed by atoms with E-state index in [2.05, 4.69) is 44.5 Å². The molecule has 0 aliphatic rings. The van der Waals surface area contributed by atoms with E-state index in [9.17, 15) is 4.39 Å². The number of aromatic nitrogens is 1. The van der Waals surface area contributed by atoms with Gasteiger partial charge in [0, 0.05) is 11.8 Å². The van der Waals surface area contributed by atoms with Crippen LogP contribution in [0, 0.1) is 5.82 Å². The number of rotatable bonds is 3. The summed E-state index contributed by atoms with van der Waals surface area (Å²) in [4.78, 5) is 4.57. The van der Waals surface area contributed by atoms with Crippen LogP contribution in [0.4, 0.5) is 4.39 Å². The molecule has 0 saturated carbocycles. The topological polar surface area (TPSA) is 12.9 Å². The lowest BCUT2D eigenvalue weighted by molar-refractivity contribution is 0.628. The Morgan fingerprint density at radius 3 is 2.35 bits per heavy atom. The van der Waals surface area contributed by atoms with E-state index in [1.165, 1.54) is 16.8 Å². The molecule has 0 amide bonds. The van der Waals surface area contributed by atoms with Crippen LogP contribution in [0.15, 0.2) is 36.5 Å². The van der Waals surface area contributed by atoms with Gasteiger partial charge < -0.3 is 0 Å². The summed E-state index contributed by atoms with van der Waals surface area (Å²) in [5.74, 6) is 0.233. The Hall–Kier alpha value is -1.48. The quantitative estimate of drug-likeness (QED) is 0.754. The average molecular weight is 287 g/mol. The molecule has 0 N–H and O–H groups in total. The zero-order chi connectivity index (χ0) is 14.9. The van der Waals surface area contributed by atoms with Gasteiger partial charge in [0.15, 0.2) is 0 Å². The molecule has 1 heterocycles. The first-order valence-electron chi connectivity index (χ1n) is 7.05. The Balaban J connectivity index is 2.56. The molecule has 2 aromatic rings. The molecule has 0 spiro atoms. The van der Waals surface area contributed by atoms with Crippen LogP contribution in [-0.4, -0.2) is 13.1 Å². The number of nitrogens with zero attached hydrogens (tertiary/aromatic N) is 1. The van der Waals surface area contributed by atoms with Crippen LogP contribution in [0.3, 0.4) is 0 Å². The zero-order valence-electron chi connectivity index (χ0n) is 12.9. The van der Waals surface area contributed by atoms with Crippen LogP contribution in [0.5, 0.6) is 0 Å². The molecule has 0 bridgehead atoms. The predicted molar refractivity (Wildman–Crippen MR) is 86.7 cm³/mol. The highest BCUT2D eigenvalue weighted by Crippen LogP contribution is 2.23. The summed E-state index contributed by atoms with van der Waals surface area (Å²) < 4.78 is 13.4. The number of halogens is 1. The molecule has 1 aromatic heterocycles.